The van der Waals surface area contributed by atoms with Gasteiger partial charge in [-0.05, 0) is 6.92 Å². The van der Waals surface area contributed by atoms with Gasteiger partial charge in [-0.3, -0.25) is 9.69 Å². The Labute approximate surface area is 119 Å². The minimum Gasteiger partial charge on any atom is -0.467 e. The topological polar surface area (TPSA) is 71.1 Å². The van der Waals surface area contributed by atoms with Crippen LogP contribution in [0.2, 0.25) is 0 Å². The van der Waals surface area contributed by atoms with Gasteiger partial charge in [-0.25, -0.2) is 4.79 Å². The maximum atomic E-state index is 12.5. The Morgan fingerprint density at radius 2 is 2.00 bits per heavy atom. The lowest BCUT2D eigenvalue weighted by atomic mass is 10.2. The molecule has 2 aliphatic heterocycles. The molecule has 20 heavy (non-hydrogen) atoms. The minimum absolute atomic E-state index is 0.0594. The zero-order chi connectivity index (χ0) is 14.5. The Bertz CT molecular complexity index is 358. The summed E-state index contributed by atoms with van der Waals surface area (Å²) in [5.74, 6) is -0.360. The van der Waals surface area contributed by atoms with Crippen molar-refractivity contribution in [2.24, 2.45) is 0 Å². The molecule has 0 aromatic heterocycles. The van der Waals surface area contributed by atoms with E-state index in [2.05, 4.69) is 15.0 Å². The number of hydrogen-bond acceptors (Lipinski definition) is 6. The Kier molecular flexibility index (Phi) is 5.33. The monoisotopic (exact) mass is 285 g/mol. The van der Waals surface area contributed by atoms with Crippen LogP contribution >= 0.6 is 0 Å². The zero-order valence-electron chi connectivity index (χ0n) is 12.1. The van der Waals surface area contributed by atoms with Crippen LogP contribution in [-0.4, -0.2) is 86.8 Å². The second-order valence-electron chi connectivity index (χ2n) is 5.13. The van der Waals surface area contributed by atoms with E-state index in [1.165, 1.54) is 7.11 Å². The van der Waals surface area contributed by atoms with E-state index in [1.54, 1.807) is 4.90 Å². The Morgan fingerprint density at radius 1 is 1.30 bits per heavy atom. The summed E-state index contributed by atoms with van der Waals surface area (Å²) in [5, 5.41) is 3.27. The maximum Gasteiger partial charge on any atom is 0.336 e. The molecule has 2 heterocycles. The average Bonchev–Trinajstić information content (AvgIpc) is 2.53. The van der Waals surface area contributed by atoms with Crippen LogP contribution in [0, 0.1) is 0 Å². The summed E-state index contributed by atoms with van der Waals surface area (Å²) >= 11 is 0. The van der Waals surface area contributed by atoms with Crippen molar-refractivity contribution in [2.75, 3.05) is 53.0 Å². The first-order valence-electron chi connectivity index (χ1n) is 7.06. The molecule has 2 fully saturated rings. The summed E-state index contributed by atoms with van der Waals surface area (Å²) in [4.78, 5) is 27.9. The highest BCUT2D eigenvalue weighted by atomic mass is 16.6. The SMILES string of the molecule is COC(=O)C1CN(C(=O)C(C)N2CCNCC2)CCO1. The molecule has 0 bridgehead atoms. The van der Waals surface area contributed by atoms with Crippen molar-refractivity contribution < 1.29 is 19.1 Å². The molecular formula is C13H23N3O4. The molecule has 7 nitrogen and oxygen atoms in total. The van der Waals surface area contributed by atoms with E-state index in [4.69, 9.17) is 4.74 Å². The van der Waals surface area contributed by atoms with Crippen molar-refractivity contribution in [1.82, 2.24) is 15.1 Å². The van der Waals surface area contributed by atoms with E-state index in [-0.39, 0.29) is 18.5 Å². The van der Waals surface area contributed by atoms with Crippen LogP contribution in [-0.2, 0) is 19.1 Å². The number of rotatable bonds is 3. The Hall–Kier alpha value is -1.18. The van der Waals surface area contributed by atoms with E-state index in [0.717, 1.165) is 26.2 Å². The van der Waals surface area contributed by atoms with Crippen LogP contribution in [0.4, 0.5) is 0 Å². The van der Waals surface area contributed by atoms with E-state index in [1.807, 2.05) is 6.92 Å². The summed E-state index contributed by atoms with van der Waals surface area (Å²) in [6.45, 7) is 6.67. The lowest BCUT2D eigenvalue weighted by Crippen LogP contribution is -2.57. The van der Waals surface area contributed by atoms with E-state index in [0.29, 0.717) is 13.2 Å². The number of piperazine rings is 1. The van der Waals surface area contributed by atoms with Crippen LogP contribution in [0.25, 0.3) is 0 Å². The van der Waals surface area contributed by atoms with Crippen molar-refractivity contribution in [3.63, 3.8) is 0 Å². The van der Waals surface area contributed by atoms with Crippen molar-refractivity contribution >= 4 is 11.9 Å². The molecule has 114 valence electrons. The fraction of sp³-hybridized carbons (Fsp3) is 0.846. The number of hydrogen-bond donors (Lipinski definition) is 1. The number of methoxy groups -OCH3 is 1. The normalized spacial score (nSPS) is 26.1. The standard InChI is InChI=1S/C13H23N3O4/c1-10(15-5-3-14-4-6-15)12(17)16-7-8-20-11(9-16)13(18)19-2/h10-11,14H,3-9H2,1-2H3. The second kappa shape index (κ2) is 7.01. The third-order valence-electron chi connectivity index (χ3n) is 3.90. The van der Waals surface area contributed by atoms with Gasteiger partial charge in [-0.15, -0.1) is 0 Å². The average molecular weight is 285 g/mol. The van der Waals surface area contributed by atoms with E-state index in [9.17, 15) is 9.59 Å². The molecule has 2 atom stereocenters. The number of nitrogens with one attached hydrogen (secondary N) is 1. The molecule has 0 aromatic carbocycles. The Morgan fingerprint density at radius 3 is 2.65 bits per heavy atom. The molecule has 2 unspecified atom stereocenters. The van der Waals surface area contributed by atoms with Gasteiger partial charge in [-0.2, -0.15) is 0 Å². The fourth-order valence-electron chi connectivity index (χ4n) is 2.61. The smallest absolute Gasteiger partial charge is 0.336 e. The third kappa shape index (κ3) is 3.47. The number of ether oxygens (including phenoxy) is 2. The van der Waals surface area contributed by atoms with Gasteiger partial charge in [-0.1, -0.05) is 0 Å². The highest BCUT2D eigenvalue weighted by Gasteiger charge is 2.33. The van der Waals surface area contributed by atoms with Crippen molar-refractivity contribution in [1.29, 1.82) is 0 Å². The molecule has 2 rings (SSSR count). The highest BCUT2D eigenvalue weighted by Crippen LogP contribution is 2.11. The van der Waals surface area contributed by atoms with E-state index < -0.39 is 12.1 Å². The summed E-state index contributed by atoms with van der Waals surface area (Å²) in [7, 11) is 1.33. The molecular weight excluding hydrogens is 262 g/mol. The predicted molar refractivity (Wildman–Crippen MR) is 72.2 cm³/mol. The van der Waals surface area contributed by atoms with Gasteiger partial charge in [0.25, 0.3) is 0 Å². The molecule has 0 aromatic rings. The first-order chi connectivity index (χ1) is 9.63. The van der Waals surface area contributed by atoms with Gasteiger partial charge < -0.3 is 19.7 Å². The molecule has 2 saturated heterocycles. The molecule has 7 heteroatoms. The molecule has 2 aliphatic rings. The molecule has 0 saturated carbocycles. The summed E-state index contributed by atoms with van der Waals surface area (Å²) < 4.78 is 10.0. The van der Waals surface area contributed by atoms with Crippen LogP contribution in [0.1, 0.15) is 6.92 Å². The maximum absolute atomic E-state index is 12.5. The second-order valence-corrected chi connectivity index (χ2v) is 5.13. The van der Waals surface area contributed by atoms with Gasteiger partial charge in [0, 0.05) is 32.7 Å². The number of amides is 1. The lowest BCUT2D eigenvalue weighted by Gasteiger charge is -2.37. The minimum atomic E-state index is -0.659. The van der Waals surface area contributed by atoms with Crippen LogP contribution in [0.3, 0.4) is 0 Å². The first kappa shape index (κ1) is 15.2. The van der Waals surface area contributed by atoms with Crippen LogP contribution in [0.5, 0.6) is 0 Å². The van der Waals surface area contributed by atoms with Gasteiger partial charge in [0.05, 0.1) is 26.3 Å². The molecule has 1 amide bonds. The van der Waals surface area contributed by atoms with Crippen molar-refractivity contribution in [2.45, 2.75) is 19.1 Å². The number of esters is 1. The number of carbonyl (C=O) groups excluding carboxylic acids is 2. The zero-order valence-corrected chi connectivity index (χ0v) is 12.1. The third-order valence-corrected chi connectivity index (χ3v) is 3.90. The van der Waals surface area contributed by atoms with Crippen molar-refractivity contribution in [3.05, 3.63) is 0 Å². The van der Waals surface area contributed by atoms with Crippen LogP contribution in [0.15, 0.2) is 0 Å². The molecule has 0 aliphatic carbocycles. The quantitative estimate of drug-likeness (QED) is 0.649. The summed E-state index contributed by atoms with van der Waals surface area (Å²) in [5.41, 5.74) is 0. The van der Waals surface area contributed by atoms with Gasteiger partial charge >= 0.3 is 5.97 Å². The summed E-state index contributed by atoms with van der Waals surface area (Å²) in [6, 6.07) is -0.159. The largest absolute Gasteiger partial charge is 0.467 e. The number of nitrogens with zero attached hydrogens (tertiary/aromatic N) is 2. The van der Waals surface area contributed by atoms with Gasteiger partial charge in [0.1, 0.15) is 0 Å². The van der Waals surface area contributed by atoms with Gasteiger partial charge in [0.15, 0.2) is 6.10 Å². The van der Waals surface area contributed by atoms with E-state index >= 15 is 0 Å². The lowest BCUT2D eigenvalue weighted by molar-refractivity contribution is -0.163. The summed E-state index contributed by atoms with van der Waals surface area (Å²) in [6.07, 6.45) is -0.659. The highest BCUT2D eigenvalue weighted by molar-refractivity contribution is 5.83. The van der Waals surface area contributed by atoms with Crippen molar-refractivity contribution in [3.8, 4) is 0 Å². The molecule has 0 spiro atoms. The first-order valence-corrected chi connectivity index (χ1v) is 7.06. The fourth-order valence-corrected chi connectivity index (χ4v) is 2.61. The number of morpholine rings is 1. The molecule has 1 N–H and O–H groups in total. The Balaban J connectivity index is 1.92. The van der Waals surface area contributed by atoms with Crippen LogP contribution < -0.4 is 5.32 Å². The van der Waals surface area contributed by atoms with Gasteiger partial charge in [0.2, 0.25) is 5.91 Å². The number of carbonyl (C=O) groups is 2. The predicted octanol–water partition coefficient (Wildman–Crippen LogP) is -1.32. The molecule has 0 radical (unpaired) electrons.